The van der Waals surface area contributed by atoms with Gasteiger partial charge in [-0.2, -0.15) is 0 Å². The largest absolute Gasteiger partial charge is 0.493 e. The van der Waals surface area contributed by atoms with Gasteiger partial charge in [0.2, 0.25) is 0 Å². The number of piperidine rings is 1. The van der Waals surface area contributed by atoms with Crippen molar-refractivity contribution in [1.82, 2.24) is 14.5 Å². The van der Waals surface area contributed by atoms with Crippen LogP contribution in [0.5, 0.6) is 5.75 Å². The summed E-state index contributed by atoms with van der Waals surface area (Å²) in [4.78, 5) is 19.5. The van der Waals surface area contributed by atoms with Crippen LogP contribution in [0.1, 0.15) is 41.9 Å². The molecule has 1 aromatic heterocycles. The van der Waals surface area contributed by atoms with E-state index in [4.69, 9.17) is 9.47 Å². The summed E-state index contributed by atoms with van der Waals surface area (Å²) < 4.78 is 13.0. The third kappa shape index (κ3) is 4.07. The number of carbonyl (C=O) groups excluding carboxylic acids is 1. The van der Waals surface area contributed by atoms with Crippen LogP contribution in [-0.2, 0) is 11.3 Å². The predicted molar refractivity (Wildman–Crippen MR) is 99.6 cm³/mol. The Bertz CT molecular complexity index is 729. The molecule has 1 aliphatic rings. The molecule has 140 valence electrons. The maximum absolute atomic E-state index is 13.1. The SMILES string of the molecule is CCOc1ccccc1C(=O)N1CCC[C@H](c2nccn2CCOC)C1. The van der Waals surface area contributed by atoms with E-state index in [-0.39, 0.29) is 11.8 Å². The minimum atomic E-state index is 0.0359. The van der Waals surface area contributed by atoms with Crippen LogP contribution in [0, 0.1) is 0 Å². The average Bonchev–Trinajstić information content (AvgIpc) is 3.15. The van der Waals surface area contributed by atoms with Crippen molar-refractivity contribution in [1.29, 1.82) is 0 Å². The van der Waals surface area contributed by atoms with Gasteiger partial charge in [-0.3, -0.25) is 4.79 Å². The van der Waals surface area contributed by atoms with E-state index in [1.54, 1.807) is 7.11 Å². The quantitative estimate of drug-likeness (QED) is 0.764. The van der Waals surface area contributed by atoms with E-state index in [1.165, 1.54) is 0 Å². The number of likely N-dealkylation sites (tertiary alicyclic amines) is 1. The fraction of sp³-hybridized carbons (Fsp3) is 0.500. The van der Waals surface area contributed by atoms with Gasteiger partial charge in [-0.25, -0.2) is 4.98 Å². The Hall–Kier alpha value is -2.34. The van der Waals surface area contributed by atoms with E-state index in [9.17, 15) is 4.79 Å². The highest BCUT2D eigenvalue weighted by molar-refractivity contribution is 5.97. The summed E-state index contributed by atoms with van der Waals surface area (Å²) in [6, 6.07) is 7.48. The van der Waals surface area contributed by atoms with E-state index in [1.807, 2.05) is 48.5 Å². The van der Waals surface area contributed by atoms with Gasteiger partial charge in [-0.15, -0.1) is 0 Å². The number of imidazole rings is 1. The number of rotatable bonds is 7. The first-order valence-electron chi connectivity index (χ1n) is 9.25. The van der Waals surface area contributed by atoms with Crippen LogP contribution < -0.4 is 4.74 Å². The van der Waals surface area contributed by atoms with E-state index >= 15 is 0 Å². The smallest absolute Gasteiger partial charge is 0.257 e. The zero-order chi connectivity index (χ0) is 18.4. The van der Waals surface area contributed by atoms with Crippen molar-refractivity contribution < 1.29 is 14.3 Å². The number of methoxy groups -OCH3 is 1. The van der Waals surface area contributed by atoms with E-state index in [0.29, 0.717) is 31.1 Å². The van der Waals surface area contributed by atoms with Crippen LogP contribution in [0.15, 0.2) is 36.7 Å². The molecule has 0 bridgehead atoms. The highest BCUT2D eigenvalue weighted by Crippen LogP contribution is 2.28. The molecule has 0 spiro atoms. The van der Waals surface area contributed by atoms with Crippen LogP contribution in [0.25, 0.3) is 0 Å². The molecule has 0 saturated carbocycles. The molecule has 1 fully saturated rings. The van der Waals surface area contributed by atoms with Gasteiger partial charge in [0.15, 0.2) is 0 Å². The number of hydrogen-bond donors (Lipinski definition) is 0. The van der Waals surface area contributed by atoms with Gasteiger partial charge in [0.25, 0.3) is 5.91 Å². The predicted octanol–water partition coefficient (Wildman–Crippen LogP) is 2.95. The van der Waals surface area contributed by atoms with Crippen molar-refractivity contribution in [3.63, 3.8) is 0 Å². The summed E-state index contributed by atoms with van der Waals surface area (Å²) >= 11 is 0. The number of hydrogen-bond acceptors (Lipinski definition) is 4. The van der Waals surface area contributed by atoms with Gasteiger partial charge in [0.1, 0.15) is 11.6 Å². The monoisotopic (exact) mass is 357 g/mol. The molecule has 1 saturated heterocycles. The normalized spacial score (nSPS) is 17.3. The topological polar surface area (TPSA) is 56.6 Å². The molecule has 6 heteroatoms. The summed E-state index contributed by atoms with van der Waals surface area (Å²) in [5.41, 5.74) is 0.637. The lowest BCUT2D eigenvalue weighted by Crippen LogP contribution is -2.40. The summed E-state index contributed by atoms with van der Waals surface area (Å²) in [5.74, 6) is 1.98. The van der Waals surface area contributed by atoms with Crippen LogP contribution in [0.3, 0.4) is 0 Å². The fourth-order valence-electron chi connectivity index (χ4n) is 3.53. The van der Waals surface area contributed by atoms with Crippen molar-refractivity contribution >= 4 is 5.91 Å². The Kier molecular flexibility index (Phi) is 6.28. The number of aromatic nitrogens is 2. The summed E-state index contributed by atoms with van der Waals surface area (Å²) in [6.07, 6.45) is 5.83. The van der Waals surface area contributed by atoms with Gasteiger partial charge < -0.3 is 18.9 Å². The minimum absolute atomic E-state index is 0.0359. The first kappa shape index (κ1) is 18.5. The molecule has 1 atom stereocenters. The average molecular weight is 357 g/mol. The highest BCUT2D eigenvalue weighted by atomic mass is 16.5. The molecule has 0 radical (unpaired) electrons. The lowest BCUT2D eigenvalue weighted by Gasteiger charge is -2.33. The maximum Gasteiger partial charge on any atom is 0.257 e. The Morgan fingerprint density at radius 1 is 1.35 bits per heavy atom. The van der Waals surface area contributed by atoms with Crippen LogP contribution in [-0.4, -0.2) is 53.8 Å². The lowest BCUT2D eigenvalue weighted by atomic mass is 9.96. The lowest BCUT2D eigenvalue weighted by molar-refractivity contribution is 0.0698. The summed E-state index contributed by atoms with van der Waals surface area (Å²) in [5, 5.41) is 0. The molecule has 1 aromatic carbocycles. The van der Waals surface area contributed by atoms with Crippen molar-refractivity contribution in [2.45, 2.75) is 32.2 Å². The molecule has 6 nitrogen and oxygen atoms in total. The number of ether oxygens (including phenoxy) is 2. The van der Waals surface area contributed by atoms with E-state index in [0.717, 1.165) is 31.8 Å². The molecule has 2 aromatic rings. The molecule has 2 heterocycles. The molecule has 1 aliphatic heterocycles. The second-order valence-electron chi connectivity index (χ2n) is 6.49. The van der Waals surface area contributed by atoms with Gasteiger partial charge in [-0.05, 0) is 31.9 Å². The Balaban J connectivity index is 1.75. The van der Waals surface area contributed by atoms with Gasteiger partial charge in [0.05, 0.1) is 18.8 Å². The molecule has 0 unspecified atom stereocenters. The number of benzene rings is 1. The van der Waals surface area contributed by atoms with Crippen LogP contribution in [0.2, 0.25) is 0 Å². The zero-order valence-electron chi connectivity index (χ0n) is 15.6. The third-order valence-electron chi connectivity index (χ3n) is 4.78. The van der Waals surface area contributed by atoms with Crippen molar-refractivity contribution in [3.05, 3.63) is 48.0 Å². The zero-order valence-corrected chi connectivity index (χ0v) is 15.6. The fourth-order valence-corrected chi connectivity index (χ4v) is 3.53. The molecular formula is C20H27N3O3. The number of nitrogens with zero attached hydrogens (tertiary/aromatic N) is 3. The van der Waals surface area contributed by atoms with Gasteiger partial charge in [0, 0.05) is 45.1 Å². The van der Waals surface area contributed by atoms with Gasteiger partial charge >= 0.3 is 0 Å². The van der Waals surface area contributed by atoms with E-state index in [2.05, 4.69) is 9.55 Å². The summed E-state index contributed by atoms with van der Waals surface area (Å²) in [7, 11) is 1.70. The summed E-state index contributed by atoms with van der Waals surface area (Å²) in [6.45, 7) is 5.36. The molecular weight excluding hydrogens is 330 g/mol. The number of para-hydroxylation sites is 1. The first-order chi connectivity index (χ1) is 12.7. The third-order valence-corrected chi connectivity index (χ3v) is 4.78. The second-order valence-corrected chi connectivity index (χ2v) is 6.49. The number of carbonyl (C=O) groups is 1. The highest BCUT2D eigenvalue weighted by Gasteiger charge is 2.29. The standard InChI is InChI=1S/C20H27N3O3/c1-3-26-18-9-5-4-8-17(18)20(24)23-11-6-7-16(15-23)19-21-10-12-22(19)13-14-25-2/h4-5,8-10,12,16H,3,6-7,11,13-15H2,1-2H3/t16-/m0/s1. The second kappa shape index (κ2) is 8.85. The van der Waals surface area contributed by atoms with Crippen molar-refractivity contribution in [2.24, 2.45) is 0 Å². The molecule has 3 rings (SSSR count). The van der Waals surface area contributed by atoms with Crippen molar-refractivity contribution in [2.75, 3.05) is 33.4 Å². The number of amides is 1. The van der Waals surface area contributed by atoms with E-state index < -0.39 is 0 Å². The van der Waals surface area contributed by atoms with Crippen LogP contribution in [0.4, 0.5) is 0 Å². The Morgan fingerprint density at radius 2 is 2.19 bits per heavy atom. The maximum atomic E-state index is 13.1. The van der Waals surface area contributed by atoms with Crippen molar-refractivity contribution in [3.8, 4) is 5.75 Å². The van der Waals surface area contributed by atoms with Crippen LogP contribution >= 0.6 is 0 Å². The Labute approximate surface area is 154 Å². The Morgan fingerprint density at radius 3 is 3.00 bits per heavy atom. The van der Waals surface area contributed by atoms with Gasteiger partial charge in [-0.1, -0.05) is 12.1 Å². The molecule has 0 aliphatic carbocycles. The molecule has 1 amide bonds. The minimum Gasteiger partial charge on any atom is -0.493 e. The molecule has 0 N–H and O–H groups in total. The molecule has 26 heavy (non-hydrogen) atoms. The first-order valence-corrected chi connectivity index (χ1v) is 9.25.